The van der Waals surface area contributed by atoms with E-state index >= 15 is 0 Å². The van der Waals surface area contributed by atoms with Gasteiger partial charge in [0.2, 0.25) is 0 Å². The molecule has 0 bridgehead atoms. The second-order valence-electron chi connectivity index (χ2n) is 11.1. The number of benzene rings is 5. The quantitative estimate of drug-likeness (QED) is 0.216. The van der Waals surface area contributed by atoms with E-state index in [1.54, 1.807) is 0 Å². The van der Waals surface area contributed by atoms with Gasteiger partial charge in [-0.1, -0.05) is 117 Å². The molecule has 0 fully saturated rings. The van der Waals surface area contributed by atoms with Gasteiger partial charge in [0.1, 0.15) is 0 Å². The summed E-state index contributed by atoms with van der Waals surface area (Å²) in [5.74, 6) is 0.364. The van der Waals surface area contributed by atoms with Gasteiger partial charge in [-0.25, -0.2) is 0 Å². The Morgan fingerprint density at radius 3 is 2.05 bits per heavy atom. The fourth-order valence-corrected chi connectivity index (χ4v) is 6.56. The molecule has 41 heavy (non-hydrogen) atoms. The molecule has 1 unspecified atom stereocenters. The fourth-order valence-electron chi connectivity index (χ4n) is 6.56. The van der Waals surface area contributed by atoms with Crippen LogP contribution in [-0.2, 0) is 0 Å². The van der Waals surface area contributed by atoms with E-state index in [9.17, 15) is 0 Å². The van der Waals surface area contributed by atoms with Crippen molar-refractivity contribution in [1.82, 2.24) is 4.40 Å². The fraction of sp³-hybridized carbons (Fsp3) is 0.0500. The van der Waals surface area contributed by atoms with Gasteiger partial charge >= 0.3 is 0 Å². The molecule has 0 spiro atoms. The highest BCUT2D eigenvalue weighted by Crippen LogP contribution is 2.43. The first-order chi connectivity index (χ1) is 20.2. The first-order valence-electron chi connectivity index (χ1n) is 14.3. The molecule has 0 amide bonds. The third-order valence-corrected chi connectivity index (χ3v) is 8.69. The third-order valence-electron chi connectivity index (χ3n) is 8.69. The predicted molar refractivity (Wildman–Crippen MR) is 177 cm³/mol. The van der Waals surface area contributed by atoms with E-state index in [-0.39, 0.29) is 0 Å². The Morgan fingerprint density at radius 1 is 0.659 bits per heavy atom. The molecule has 1 aliphatic rings. The normalized spacial score (nSPS) is 16.1. The zero-order valence-electron chi connectivity index (χ0n) is 23.0. The van der Waals surface area contributed by atoms with Gasteiger partial charge in [0.15, 0.2) is 0 Å². The second kappa shape index (κ2) is 9.21. The average molecular weight is 524 g/mol. The standard InChI is InChI=1S/C40H29N/c1-3-38-34(21-30-14-8-7-11-26(30)2)36-23-33(29-19-17-28(18-20-29)27-12-5-4-6-13-27)24-37-35-22-31-15-9-10-16-32(31)25-39(35)41(38)40(36)37/h3-26H,1H2,2H3/b30-21-. The summed E-state index contributed by atoms with van der Waals surface area (Å²) >= 11 is 0. The van der Waals surface area contributed by atoms with Crippen LogP contribution in [-0.4, -0.2) is 4.40 Å². The first kappa shape index (κ1) is 23.7. The van der Waals surface area contributed by atoms with Gasteiger partial charge in [0.25, 0.3) is 0 Å². The van der Waals surface area contributed by atoms with Crippen LogP contribution in [0.3, 0.4) is 0 Å². The van der Waals surface area contributed by atoms with Crippen LogP contribution in [0.4, 0.5) is 0 Å². The van der Waals surface area contributed by atoms with Gasteiger partial charge in [-0.15, -0.1) is 0 Å². The summed E-state index contributed by atoms with van der Waals surface area (Å²) in [5.41, 5.74) is 11.1. The molecule has 0 radical (unpaired) electrons. The van der Waals surface area contributed by atoms with Crippen molar-refractivity contribution >= 4 is 50.1 Å². The highest BCUT2D eigenvalue weighted by molar-refractivity contribution is 6.21. The summed E-state index contributed by atoms with van der Waals surface area (Å²) in [6.07, 6.45) is 13.2. The Morgan fingerprint density at radius 2 is 1.32 bits per heavy atom. The highest BCUT2D eigenvalue weighted by Gasteiger charge is 2.22. The lowest BCUT2D eigenvalue weighted by Gasteiger charge is -2.12. The average Bonchev–Trinajstić information content (AvgIpc) is 3.51. The predicted octanol–water partition coefficient (Wildman–Crippen LogP) is 11.0. The number of nitrogens with zero attached hydrogens (tertiary/aromatic N) is 1. The van der Waals surface area contributed by atoms with Gasteiger partial charge in [0, 0.05) is 21.7 Å². The molecular weight excluding hydrogens is 494 g/mol. The lowest BCUT2D eigenvalue weighted by Crippen LogP contribution is -1.96. The van der Waals surface area contributed by atoms with Crippen LogP contribution in [0.2, 0.25) is 0 Å². The van der Waals surface area contributed by atoms with Gasteiger partial charge in [-0.05, 0) is 80.9 Å². The number of hydrogen-bond donors (Lipinski definition) is 0. The minimum Gasteiger partial charge on any atom is -0.308 e. The van der Waals surface area contributed by atoms with Gasteiger partial charge in [-0.2, -0.15) is 0 Å². The first-order valence-corrected chi connectivity index (χ1v) is 14.3. The van der Waals surface area contributed by atoms with E-state index in [1.165, 1.54) is 71.4 Å². The summed E-state index contributed by atoms with van der Waals surface area (Å²) in [4.78, 5) is 0. The lowest BCUT2D eigenvalue weighted by molar-refractivity contribution is 0.891. The van der Waals surface area contributed by atoms with Crippen molar-refractivity contribution in [2.75, 3.05) is 0 Å². The molecule has 5 aromatic carbocycles. The molecule has 2 heterocycles. The molecule has 0 N–H and O–H groups in total. The molecule has 0 saturated carbocycles. The molecular formula is C40H29N. The van der Waals surface area contributed by atoms with Crippen molar-refractivity contribution in [2.45, 2.75) is 6.92 Å². The molecule has 2 aromatic heterocycles. The maximum absolute atomic E-state index is 4.30. The van der Waals surface area contributed by atoms with E-state index in [0.717, 1.165) is 5.69 Å². The van der Waals surface area contributed by atoms with Crippen molar-refractivity contribution < 1.29 is 0 Å². The van der Waals surface area contributed by atoms with Gasteiger partial charge in [-0.3, -0.25) is 0 Å². The van der Waals surface area contributed by atoms with E-state index in [1.807, 2.05) is 6.08 Å². The topological polar surface area (TPSA) is 4.41 Å². The van der Waals surface area contributed by atoms with Crippen molar-refractivity contribution in [1.29, 1.82) is 0 Å². The van der Waals surface area contributed by atoms with Crippen LogP contribution < -0.4 is 0 Å². The minimum atomic E-state index is 0.364. The molecule has 194 valence electrons. The Balaban J connectivity index is 1.43. The van der Waals surface area contributed by atoms with Crippen molar-refractivity contribution in [3.63, 3.8) is 0 Å². The van der Waals surface area contributed by atoms with Crippen LogP contribution >= 0.6 is 0 Å². The summed E-state index contributed by atoms with van der Waals surface area (Å²) in [6.45, 7) is 6.56. The lowest BCUT2D eigenvalue weighted by atomic mass is 9.92. The molecule has 1 heteroatoms. The minimum absolute atomic E-state index is 0.364. The van der Waals surface area contributed by atoms with Crippen molar-refractivity contribution in [2.24, 2.45) is 5.92 Å². The summed E-state index contributed by atoms with van der Waals surface area (Å²) in [5, 5.41) is 6.34. The molecule has 1 nitrogen and oxygen atoms in total. The Labute approximate surface area is 240 Å². The highest BCUT2D eigenvalue weighted by atomic mass is 14.9. The summed E-state index contributed by atoms with van der Waals surface area (Å²) in [7, 11) is 0. The van der Waals surface area contributed by atoms with Crippen LogP contribution in [0.15, 0.2) is 140 Å². The molecule has 0 saturated heterocycles. The number of allylic oxidation sites excluding steroid dienone is 5. The molecule has 7 aromatic rings. The van der Waals surface area contributed by atoms with E-state index < -0.39 is 0 Å². The molecule has 1 aliphatic carbocycles. The van der Waals surface area contributed by atoms with E-state index in [0.29, 0.717) is 5.92 Å². The summed E-state index contributed by atoms with van der Waals surface area (Å²) < 4.78 is 2.43. The third kappa shape index (κ3) is 3.70. The number of fused-ring (bicyclic) bond motifs is 4. The zero-order valence-corrected chi connectivity index (χ0v) is 23.0. The van der Waals surface area contributed by atoms with Gasteiger partial charge < -0.3 is 4.40 Å². The molecule has 8 rings (SSSR count). The zero-order chi connectivity index (χ0) is 27.5. The monoisotopic (exact) mass is 523 g/mol. The Bertz CT molecular complexity index is 2200. The van der Waals surface area contributed by atoms with Crippen LogP contribution in [0.5, 0.6) is 0 Å². The summed E-state index contributed by atoms with van der Waals surface area (Å²) in [6, 6.07) is 37.7. The smallest absolute Gasteiger partial charge is 0.0620 e. The van der Waals surface area contributed by atoms with E-state index in [4.69, 9.17) is 0 Å². The number of rotatable bonds is 4. The SMILES string of the molecule is C=Cc1c(/C=C2/C=CC=CC2C)c2cc(-c3ccc(-c4ccccc4)cc3)cc3c4cc5ccccc5cc4n1c23. The van der Waals surface area contributed by atoms with Gasteiger partial charge in [0.05, 0.1) is 16.7 Å². The van der Waals surface area contributed by atoms with Crippen LogP contribution in [0, 0.1) is 5.92 Å². The van der Waals surface area contributed by atoms with Crippen LogP contribution in [0.25, 0.3) is 72.4 Å². The van der Waals surface area contributed by atoms with E-state index in [2.05, 4.69) is 151 Å². The number of aromatic nitrogens is 1. The Hall–Kier alpha value is -5.14. The molecule has 1 atom stereocenters. The molecule has 0 aliphatic heterocycles. The van der Waals surface area contributed by atoms with Crippen molar-refractivity contribution in [3.05, 3.63) is 151 Å². The second-order valence-corrected chi connectivity index (χ2v) is 11.1. The maximum atomic E-state index is 4.30. The van der Waals surface area contributed by atoms with Crippen LogP contribution in [0.1, 0.15) is 18.2 Å². The number of hydrogen-bond acceptors (Lipinski definition) is 0. The Kier molecular flexibility index (Phi) is 5.33. The maximum Gasteiger partial charge on any atom is 0.0620 e. The van der Waals surface area contributed by atoms with Crippen molar-refractivity contribution in [3.8, 4) is 22.3 Å². The largest absolute Gasteiger partial charge is 0.308 e.